The molecule has 6 nitrogen and oxygen atoms in total. The summed E-state index contributed by atoms with van der Waals surface area (Å²) in [7, 11) is 0. The van der Waals surface area contributed by atoms with Crippen molar-refractivity contribution in [3.63, 3.8) is 0 Å². The average molecular weight is 333 g/mol. The summed E-state index contributed by atoms with van der Waals surface area (Å²) >= 11 is 0. The Bertz CT molecular complexity index is 640. The topological polar surface area (TPSA) is 72.9 Å². The van der Waals surface area contributed by atoms with Crippen LogP contribution in [-0.2, 0) is 14.3 Å². The molecule has 0 radical (unpaired) electrons. The number of benzene rings is 1. The molecule has 6 heteroatoms. The van der Waals surface area contributed by atoms with Gasteiger partial charge in [0.25, 0.3) is 5.91 Å². The predicted octanol–water partition coefficient (Wildman–Crippen LogP) is 2.74. The van der Waals surface area contributed by atoms with Crippen molar-refractivity contribution in [1.82, 2.24) is 0 Å². The number of nitrogens with zero attached hydrogens (tertiary/aromatic N) is 1. The third kappa shape index (κ3) is 3.93. The maximum absolute atomic E-state index is 12.4. The fraction of sp³-hybridized carbons (Fsp3) is 0.500. The largest absolute Gasteiger partial charge is 0.479 e. The number of hydrogen-bond acceptors (Lipinski definition) is 5. The van der Waals surface area contributed by atoms with Gasteiger partial charge in [0.1, 0.15) is 12.3 Å². The lowest BCUT2D eigenvalue weighted by Gasteiger charge is -2.32. The molecule has 0 N–H and O–H groups in total. The molecule has 0 aromatic heterocycles. The van der Waals surface area contributed by atoms with Crippen LogP contribution >= 0.6 is 0 Å². The third-order valence-electron chi connectivity index (χ3n) is 3.86. The number of rotatable bonds is 7. The number of ketones is 1. The second-order valence-electron chi connectivity index (χ2n) is 5.72. The zero-order chi connectivity index (χ0) is 17.7. The lowest BCUT2D eigenvalue weighted by molar-refractivity contribution is -0.143. The van der Waals surface area contributed by atoms with Crippen molar-refractivity contribution < 1.29 is 23.9 Å². The first-order valence-corrected chi connectivity index (χ1v) is 8.28. The Morgan fingerprint density at radius 1 is 1.29 bits per heavy atom. The van der Waals surface area contributed by atoms with E-state index in [1.807, 2.05) is 6.92 Å². The SMILES string of the molecule is CCCCOC(=O)CN1C(=O)C(C)Oc2ccc(C(=O)CC)cc21. The van der Waals surface area contributed by atoms with E-state index in [-0.39, 0.29) is 18.2 Å². The fourth-order valence-electron chi connectivity index (χ4n) is 2.45. The number of carbonyl (C=O) groups is 3. The van der Waals surface area contributed by atoms with Gasteiger partial charge in [-0.25, -0.2) is 0 Å². The first-order valence-electron chi connectivity index (χ1n) is 8.28. The molecule has 0 saturated heterocycles. The van der Waals surface area contributed by atoms with E-state index in [1.165, 1.54) is 4.90 Å². The summed E-state index contributed by atoms with van der Waals surface area (Å²) in [5, 5.41) is 0. The summed E-state index contributed by atoms with van der Waals surface area (Å²) in [5.74, 6) is -0.342. The van der Waals surface area contributed by atoms with Crippen LogP contribution in [0.4, 0.5) is 5.69 Å². The molecule has 1 aromatic carbocycles. The van der Waals surface area contributed by atoms with Crippen LogP contribution in [0.5, 0.6) is 5.75 Å². The van der Waals surface area contributed by atoms with Gasteiger partial charge in [-0.3, -0.25) is 19.3 Å². The van der Waals surface area contributed by atoms with Crippen LogP contribution in [0.15, 0.2) is 18.2 Å². The second kappa shape index (κ2) is 7.95. The van der Waals surface area contributed by atoms with Crippen LogP contribution in [-0.4, -0.2) is 36.9 Å². The summed E-state index contributed by atoms with van der Waals surface area (Å²) < 4.78 is 10.7. The molecule has 1 aromatic rings. The van der Waals surface area contributed by atoms with Gasteiger partial charge in [0.2, 0.25) is 0 Å². The highest BCUT2D eigenvalue weighted by molar-refractivity contribution is 6.05. The standard InChI is InChI=1S/C18H23NO5/c1-4-6-9-23-17(21)11-19-14-10-13(15(20)5-2)7-8-16(14)24-12(3)18(19)22/h7-8,10,12H,4-6,9,11H2,1-3H3. The smallest absolute Gasteiger partial charge is 0.326 e. The molecule has 1 aliphatic heterocycles. The molecule has 0 fully saturated rings. The van der Waals surface area contributed by atoms with E-state index in [0.29, 0.717) is 30.0 Å². The van der Waals surface area contributed by atoms with Crippen molar-refractivity contribution in [2.75, 3.05) is 18.1 Å². The summed E-state index contributed by atoms with van der Waals surface area (Å²) in [6.45, 7) is 5.56. The Morgan fingerprint density at radius 2 is 2.04 bits per heavy atom. The molecule has 0 spiro atoms. The highest BCUT2D eigenvalue weighted by atomic mass is 16.5. The first kappa shape index (κ1) is 18.0. The molecule has 0 saturated carbocycles. The van der Waals surface area contributed by atoms with Gasteiger partial charge in [0.15, 0.2) is 11.9 Å². The molecular weight excluding hydrogens is 310 g/mol. The molecule has 0 bridgehead atoms. The lowest BCUT2D eigenvalue weighted by atomic mass is 10.1. The van der Waals surface area contributed by atoms with Gasteiger partial charge in [0, 0.05) is 12.0 Å². The minimum Gasteiger partial charge on any atom is -0.479 e. The van der Waals surface area contributed by atoms with E-state index in [9.17, 15) is 14.4 Å². The molecule has 1 amide bonds. The summed E-state index contributed by atoms with van der Waals surface area (Å²) in [5.41, 5.74) is 0.927. The maximum Gasteiger partial charge on any atom is 0.326 e. The Morgan fingerprint density at radius 3 is 2.71 bits per heavy atom. The van der Waals surface area contributed by atoms with Crippen LogP contribution in [0.1, 0.15) is 50.4 Å². The van der Waals surface area contributed by atoms with Gasteiger partial charge < -0.3 is 9.47 Å². The van der Waals surface area contributed by atoms with E-state index < -0.39 is 12.1 Å². The first-order chi connectivity index (χ1) is 11.5. The normalized spacial score (nSPS) is 16.4. The van der Waals surface area contributed by atoms with Crippen LogP contribution in [0.25, 0.3) is 0 Å². The number of unbranched alkanes of at least 4 members (excludes halogenated alkanes) is 1. The average Bonchev–Trinajstić information content (AvgIpc) is 2.58. The van der Waals surface area contributed by atoms with Crippen molar-refractivity contribution in [1.29, 1.82) is 0 Å². The quantitative estimate of drug-likeness (QED) is 0.436. The number of amides is 1. The number of ether oxygens (including phenoxy) is 2. The molecule has 0 aliphatic carbocycles. The minimum atomic E-state index is -0.686. The highest BCUT2D eigenvalue weighted by Crippen LogP contribution is 2.35. The maximum atomic E-state index is 12.4. The van der Waals surface area contributed by atoms with Crippen LogP contribution < -0.4 is 9.64 Å². The number of esters is 1. The molecule has 1 atom stereocenters. The molecule has 130 valence electrons. The second-order valence-corrected chi connectivity index (χ2v) is 5.72. The Kier molecular flexibility index (Phi) is 5.95. The summed E-state index contributed by atoms with van der Waals surface area (Å²) in [6, 6.07) is 4.94. The monoisotopic (exact) mass is 333 g/mol. The van der Waals surface area contributed by atoms with E-state index in [0.717, 1.165) is 12.8 Å². The van der Waals surface area contributed by atoms with Crippen molar-refractivity contribution >= 4 is 23.3 Å². The number of Topliss-reactive ketones (excluding diaryl/α,β-unsaturated/α-hetero) is 1. The van der Waals surface area contributed by atoms with Gasteiger partial charge in [-0.05, 0) is 31.5 Å². The number of anilines is 1. The van der Waals surface area contributed by atoms with Crippen LogP contribution in [0, 0.1) is 0 Å². The van der Waals surface area contributed by atoms with Crippen molar-refractivity contribution in [2.24, 2.45) is 0 Å². The Hall–Kier alpha value is -2.37. The zero-order valence-corrected chi connectivity index (χ0v) is 14.3. The predicted molar refractivity (Wildman–Crippen MR) is 89.4 cm³/mol. The van der Waals surface area contributed by atoms with E-state index in [1.54, 1.807) is 32.0 Å². The number of fused-ring (bicyclic) bond motifs is 1. The molecule has 24 heavy (non-hydrogen) atoms. The highest BCUT2D eigenvalue weighted by Gasteiger charge is 2.33. The van der Waals surface area contributed by atoms with Gasteiger partial charge in [-0.1, -0.05) is 20.3 Å². The van der Waals surface area contributed by atoms with E-state index >= 15 is 0 Å². The minimum absolute atomic E-state index is 0.0330. The van der Waals surface area contributed by atoms with E-state index in [4.69, 9.17) is 9.47 Å². The summed E-state index contributed by atoms with van der Waals surface area (Å²) in [4.78, 5) is 37.7. The van der Waals surface area contributed by atoms with Gasteiger partial charge in [0.05, 0.1) is 12.3 Å². The van der Waals surface area contributed by atoms with Crippen LogP contribution in [0.2, 0.25) is 0 Å². The van der Waals surface area contributed by atoms with Gasteiger partial charge in [-0.15, -0.1) is 0 Å². The zero-order valence-electron chi connectivity index (χ0n) is 14.3. The Labute approximate surface area is 141 Å². The van der Waals surface area contributed by atoms with Crippen LogP contribution in [0.3, 0.4) is 0 Å². The number of hydrogen-bond donors (Lipinski definition) is 0. The van der Waals surface area contributed by atoms with Gasteiger partial charge in [-0.2, -0.15) is 0 Å². The summed E-state index contributed by atoms with van der Waals surface area (Å²) in [6.07, 6.45) is 1.38. The van der Waals surface area contributed by atoms with Crippen molar-refractivity contribution in [3.8, 4) is 5.75 Å². The van der Waals surface area contributed by atoms with Crippen molar-refractivity contribution in [2.45, 2.75) is 46.1 Å². The third-order valence-corrected chi connectivity index (χ3v) is 3.86. The molecule has 1 heterocycles. The van der Waals surface area contributed by atoms with E-state index in [2.05, 4.69) is 0 Å². The lowest BCUT2D eigenvalue weighted by Crippen LogP contribution is -2.47. The molecular formula is C18H23NO5. The molecule has 2 rings (SSSR count). The Balaban J connectivity index is 2.25. The molecule has 1 aliphatic rings. The fourth-order valence-corrected chi connectivity index (χ4v) is 2.45. The molecule has 1 unspecified atom stereocenters. The van der Waals surface area contributed by atoms with Crippen molar-refractivity contribution in [3.05, 3.63) is 23.8 Å². The van der Waals surface area contributed by atoms with Gasteiger partial charge >= 0.3 is 5.97 Å². The number of carbonyl (C=O) groups excluding carboxylic acids is 3.